The first-order valence-electron chi connectivity index (χ1n) is 9.12. The molecule has 1 heterocycles. The number of rotatable bonds is 5. The van der Waals surface area contributed by atoms with Gasteiger partial charge in [0.25, 0.3) is 0 Å². The van der Waals surface area contributed by atoms with Crippen molar-refractivity contribution < 1.29 is 18.7 Å². The summed E-state index contributed by atoms with van der Waals surface area (Å²) in [4.78, 5) is 28.1. The number of benzene rings is 2. The SMILES string of the molecule is CN(CC(=O)Nc1cccc(F)c1)C(=O)Nc1cc(Cl)ccc1N1CCOCC1. The number of hydrogen-bond acceptors (Lipinski definition) is 4. The molecule has 0 unspecified atom stereocenters. The maximum absolute atomic E-state index is 13.2. The molecule has 1 aliphatic rings. The number of urea groups is 1. The van der Waals surface area contributed by atoms with Gasteiger partial charge >= 0.3 is 6.03 Å². The maximum atomic E-state index is 13.2. The zero-order valence-corrected chi connectivity index (χ0v) is 16.7. The van der Waals surface area contributed by atoms with Crippen LogP contribution in [-0.2, 0) is 9.53 Å². The van der Waals surface area contributed by atoms with Crippen molar-refractivity contribution in [3.8, 4) is 0 Å². The lowest BCUT2D eigenvalue weighted by atomic mass is 10.2. The number of nitrogens with one attached hydrogen (secondary N) is 2. The minimum absolute atomic E-state index is 0.199. The van der Waals surface area contributed by atoms with E-state index in [-0.39, 0.29) is 6.54 Å². The van der Waals surface area contributed by atoms with Crippen molar-refractivity contribution in [2.75, 3.05) is 55.4 Å². The number of anilines is 3. The second-order valence-corrected chi connectivity index (χ2v) is 7.04. The van der Waals surface area contributed by atoms with E-state index in [1.165, 1.54) is 30.1 Å². The van der Waals surface area contributed by atoms with Gasteiger partial charge in [-0.1, -0.05) is 17.7 Å². The molecule has 7 nitrogen and oxygen atoms in total. The molecule has 0 spiro atoms. The van der Waals surface area contributed by atoms with Gasteiger partial charge < -0.3 is 25.2 Å². The predicted octanol–water partition coefficient (Wildman–Crippen LogP) is 3.42. The van der Waals surface area contributed by atoms with Crippen molar-refractivity contribution in [1.29, 1.82) is 0 Å². The Morgan fingerprint density at radius 1 is 1.17 bits per heavy atom. The third kappa shape index (κ3) is 5.82. The molecule has 2 aromatic rings. The van der Waals surface area contributed by atoms with Crippen LogP contribution in [0.25, 0.3) is 0 Å². The zero-order valence-electron chi connectivity index (χ0n) is 16.0. The fourth-order valence-corrected chi connectivity index (χ4v) is 3.13. The van der Waals surface area contributed by atoms with E-state index in [4.69, 9.17) is 16.3 Å². The van der Waals surface area contributed by atoms with Crippen LogP contribution in [0.4, 0.5) is 26.2 Å². The molecule has 0 bridgehead atoms. The molecule has 0 aliphatic carbocycles. The van der Waals surface area contributed by atoms with E-state index in [9.17, 15) is 14.0 Å². The molecule has 3 amide bonds. The third-order valence-electron chi connectivity index (χ3n) is 4.39. The molecule has 1 saturated heterocycles. The van der Waals surface area contributed by atoms with Crippen LogP contribution in [0.15, 0.2) is 42.5 Å². The average molecular weight is 421 g/mol. The summed E-state index contributed by atoms with van der Waals surface area (Å²) in [5, 5.41) is 5.86. The van der Waals surface area contributed by atoms with Crippen LogP contribution in [-0.4, -0.2) is 56.7 Å². The Morgan fingerprint density at radius 3 is 2.66 bits per heavy atom. The van der Waals surface area contributed by atoms with E-state index in [1.807, 2.05) is 6.07 Å². The zero-order chi connectivity index (χ0) is 20.8. The van der Waals surface area contributed by atoms with Crippen LogP contribution in [0.2, 0.25) is 5.02 Å². The standard InChI is InChI=1S/C20H22ClFN4O3/c1-25(13-19(27)23-16-4-2-3-15(22)12-16)20(28)24-17-11-14(21)5-6-18(17)26-7-9-29-10-8-26/h2-6,11-12H,7-10,13H2,1H3,(H,23,27)(H,24,28). The number of nitrogens with zero attached hydrogens (tertiary/aromatic N) is 2. The molecule has 0 aromatic heterocycles. The van der Waals surface area contributed by atoms with Crippen LogP contribution in [0.5, 0.6) is 0 Å². The number of carbonyl (C=O) groups is 2. The summed E-state index contributed by atoms with van der Waals surface area (Å²) in [7, 11) is 1.50. The summed E-state index contributed by atoms with van der Waals surface area (Å²) in [5.41, 5.74) is 1.72. The molecule has 3 rings (SSSR count). The highest BCUT2D eigenvalue weighted by molar-refractivity contribution is 6.31. The summed E-state index contributed by atoms with van der Waals surface area (Å²) in [6, 6.07) is 10.4. The van der Waals surface area contributed by atoms with E-state index in [0.717, 1.165) is 5.69 Å². The van der Waals surface area contributed by atoms with Crippen LogP contribution in [0.3, 0.4) is 0 Å². The van der Waals surface area contributed by atoms with E-state index in [0.29, 0.717) is 42.7 Å². The van der Waals surface area contributed by atoms with Crippen molar-refractivity contribution in [3.05, 3.63) is 53.3 Å². The highest BCUT2D eigenvalue weighted by atomic mass is 35.5. The minimum Gasteiger partial charge on any atom is -0.378 e. The van der Waals surface area contributed by atoms with Crippen molar-refractivity contribution in [2.45, 2.75) is 0 Å². The van der Waals surface area contributed by atoms with Gasteiger partial charge in [-0.2, -0.15) is 0 Å². The molecule has 0 saturated carbocycles. The summed E-state index contributed by atoms with van der Waals surface area (Å²) >= 11 is 6.10. The Hall–Kier alpha value is -2.84. The Bertz CT molecular complexity index is 890. The summed E-state index contributed by atoms with van der Waals surface area (Å²) in [6.07, 6.45) is 0. The number of hydrogen-bond donors (Lipinski definition) is 2. The van der Waals surface area contributed by atoms with E-state index >= 15 is 0 Å². The Labute approximate surface area is 173 Å². The van der Waals surface area contributed by atoms with Gasteiger partial charge in [-0.15, -0.1) is 0 Å². The van der Waals surface area contributed by atoms with E-state index < -0.39 is 17.8 Å². The van der Waals surface area contributed by atoms with Crippen molar-refractivity contribution in [3.63, 3.8) is 0 Å². The second-order valence-electron chi connectivity index (χ2n) is 6.61. The lowest BCUT2D eigenvalue weighted by Crippen LogP contribution is -2.39. The minimum atomic E-state index is -0.462. The van der Waals surface area contributed by atoms with Crippen molar-refractivity contribution >= 4 is 40.6 Å². The topological polar surface area (TPSA) is 73.9 Å². The fourth-order valence-electron chi connectivity index (χ4n) is 2.95. The number of carbonyl (C=O) groups excluding carboxylic acids is 2. The lowest BCUT2D eigenvalue weighted by molar-refractivity contribution is -0.116. The van der Waals surface area contributed by atoms with Crippen molar-refractivity contribution in [2.24, 2.45) is 0 Å². The first kappa shape index (κ1) is 20.9. The molecule has 29 heavy (non-hydrogen) atoms. The number of amides is 3. The number of halogens is 2. The van der Waals surface area contributed by atoms with Crippen LogP contribution in [0.1, 0.15) is 0 Å². The Kier molecular flexibility index (Phi) is 6.90. The van der Waals surface area contributed by atoms with Crippen LogP contribution in [0, 0.1) is 5.82 Å². The molecular weight excluding hydrogens is 399 g/mol. The summed E-state index contributed by atoms with van der Waals surface area (Å²) in [6.45, 7) is 2.43. The highest BCUT2D eigenvalue weighted by Gasteiger charge is 2.19. The fraction of sp³-hybridized carbons (Fsp3) is 0.300. The quantitative estimate of drug-likeness (QED) is 0.777. The average Bonchev–Trinajstić information content (AvgIpc) is 2.68. The third-order valence-corrected chi connectivity index (χ3v) is 4.62. The predicted molar refractivity (Wildman–Crippen MR) is 111 cm³/mol. The van der Waals surface area contributed by atoms with Crippen molar-refractivity contribution in [1.82, 2.24) is 4.90 Å². The first-order chi connectivity index (χ1) is 13.9. The van der Waals surface area contributed by atoms with E-state index in [2.05, 4.69) is 15.5 Å². The van der Waals surface area contributed by atoms with Gasteiger partial charge in [0, 0.05) is 30.8 Å². The van der Waals surface area contributed by atoms with Gasteiger partial charge in [0.15, 0.2) is 0 Å². The smallest absolute Gasteiger partial charge is 0.322 e. The molecule has 1 fully saturated rings. The summed E-state index contributed by atoms with van der Waals surface area (Å²) in [5.74, 6) is -0.891. The number of ether oxygens (including phenoxy) is 1. The number of morpholine rings is 1. The van der Waals surface area contributed by atoms with Gasteiger partial charge in [0.2, 0.25) is 5.91 Å². The van der Waals surface area contributed by atoms with Gasteiger partial charge in [-0.25, -0.2) is 9.18 Å². The van der Waals surface area contributed by atoms with Crippen LogP contribution < -0.4 is 15.5 Å². The molecule has 154 valence electrons. The summed E-state index contributed by atoms with van der Waals surface area (Å²) < 4.78 is 18.6. The van der Waals surface area contributed by atoms with Gasteiger partial charge in [0.1, 0.15) is 12.4 Å². The Morgan fingerprint density at radius 2 is 1.93 bits per heavy atom. The largest absolute Gasteiger partial charge is 0.378 e. The monoisotopic (exact) mass is 420 g/mol. The molecular formula is C20H22ClFN4O3. The molecule has 0 atom stereocenters. The van der Waals surface area contributed by atoms with Gasteiger partial charge in [-0.05, 0) is 36.4 Å². The lowest BCUT2D eigenvalue weighted by Gasteiger charge is -2.31. The first-order valence-corrected chi connectivity index (χ1v) is 9.50. The molecule has 0 radical (unpaired) electrons. The second kappa shape index (κ2) is 9.58. The highest BCUT2D eigenvalue weighted by Crippen LogP contribution is 2.30. The van der Waals surface area contributed by atoms with Crippen LogP contribution >= 0.6 is 11.6 Å². The van der Waals surface area contributed by atoms with E-state index in [1.54, 1.807) is 18.2 Å². The Balaban J connectivity index is 1.63. The molecule has 9 heteroatoms. The van der Waals surface area contributed by atoms with Gasteiger partial charge in [-0.3, -0.25) is 4.79 Å². The number of likely N-dealkylation sites (N-methyl/N-ethyl adjacent to an activating group) is 1. The molecule has 1 aliphatic heterocycles. The molecule has 2 aromatic carbocycles. The molecule has 2 N–H and O–H groups in total. The van der Waals surface area contributed by atoms with Gasteiger partial charge in [0.05, 0.1) is 24.6 Å². The normalized spacial score (nSPS) is 13.7. The maximum Gasteiger partial charge on any atom is 0.322 e.